The minimum Gasteiger partial charge on any atom is -0.363 e. The van der Waals surface area contributed by atoms with Crippen LogP contribution in [0.2, 0.25) is 0 Å². The number of hydrogen-bond acceptors (Lipinski definition) is 4. The molecule has 1 aromatic carbocycles. The molecule has 3 aromatic rings. The summed E-state index contributed by atoms with van der Waals surface area (Å²) in [6, 6.07) is 14.4. The predicted octanol–water partition coefficient (Wildman–Crippen LogP) is 4.78. The van der Waals surface area contributed by atoms with Gasteiger partial charge in [-0.25, -0.2) is 9.97 Å². The zero-order valence-electron chi connectivity index (χ0n) is 13.0. The van der Waals surface area contributed by atoms with Gasteiger partial charge < -0.3 is 5.32 Å². The summed E-state index contributed by atoms with van der Waals surface area (Å²) >= 11 is 3.45. The van der Waals surface area contributed by atoms with Crippen molar-refractivity contribution < 1.29 is 0 Å². The number of benzene rings is 1. The van der Waals surface area contributed by atoms with Crippen molar-refractivity contribution in [2.75, 3.05) is 5.32 Å². The lowest BCUT2D eigenvalue weighted by Crippen LogP contribution is -2.09. The minimum absolute atomic E-state index is 0.166. The first-order valence-electron chi connectivity index (χ1n) is 7.40. The lowest BCUT2D eigenvalue weighted by Gasteiger charge is -2.16. The number of aryl methyl sites for hydroxylation is 1. The Labute approximate surface area is 144 Å². The highest BCUT2D eigenvalue weighted by atomic mass is 79.9. The van der Waals surface area contributed by atoms with Gasteiger partial charge in [0.25, 0.3) is 0 Å². The van der Waals surface area contributed by atoms with Crippen LogP contribution in [-0.2, 0) is 0 Å². The van der Waals surface area contributed by atoms with E-state index in [0.717, 1.165) is 27.4 Å². The number of nitrogens with one attached hydrogen (secondary N) is 1. The van der Waals surface area contributed by atoms with Gasteiger partial charge in [-0.2, -0.15) is 0 Å². The van der Waals surface area contributed by atoms with Gasteiger partial charge in [0.15, 0.2) is 0 Å². The fourth-order valence-electron chi connectivity index (χ4n) is 2.39. The third-order valence-corrected chi connectivity index (χ3v) is 3.94. The Hall–Kier alpha value is -2.27. The van der Waals surface area contributed by atoms with E-state index in [1.807, 2.05) is 37.3 Å². The normalized spacial score (nSPS) is 12.0. The minimum atomic E-state index is 0.166. The summed E-state index contributed by atoms with van der Waals surface area (Å²) in [5.74, 6) is 1.54. The maximum absolute atomic E-state index is 4.51. The molecule has 1 N–H and O–H groups in total. The van der Waals surface area contributed by atoms with Gasteiger partial charge in [-0.1, -0.05) is 30.3 Å². The zero-order chi connectivity index (χ0) is 16.2. The molecule has 0 aliphatic heterocycles. The van der Waals surface area contributed by atoms with E-state index in [9.17, 15) is 0 Å². The topological polar surface area (TPSA) is 50.7 Å². The van der Waals surface area contributed by atoms with Crippen molar-refractivity contribution >= 4 is 21.7 Å². The van der Waals surface area contributed by atoms with E-state index < -0.39 is 0 Å². The molecule has 5 heteroatoms. The molecule has 0 saturated carbocycles. The fourth-order valence-corrected chi connectivity index (χ4v) is 2.75. The summed E-state index contributed by atoms with van der Waals surface area (Å²) in [5, 5.41) is 3.44. The summed E-state index contributed by atoms with van der Waals surface area (Å²) in [6.07, 6.45) is 3.56. The average Bonchev–Trinajstić information content (AvgIpc) is 2.55. The lowest BCUT2D eigenvalue weighted by atomic mass is 10.1. The van der Waals surface area contributed by atoms with Gasteiger partial charge in [0.1, 0.15) is 11.6 Å². The van der Waals surface area contributed by atoms with Gasteiger partial charge in [-0.3, -0.25) is 4.98 Å². The van der Waals surface area contributed by atoms with Gasteiger partial charge in [0, 0.05) is 34.5 Å². The van der Waals surface area contributed by atoms with E-state index in [1.165, 1.54) is 5.56 Å². The molecule has 0 radical (unpaired) electrons. The van der Waals surface area contributed by atoms with Gasteiger partial charge in [0.2, 0.25) is 0 Å². The second-order valence-corrected chi connectivity index (χ2v) is 6.27. The van der Waals surface area contributed by atoms with Crippen LogP contribution in [-0.4, -0.2) is 15.0 Å². The first-order valence-corrected chi connectivity index (χ1v) is 8.19. The highest BCUT2D eigenvalue weighted by molar-refractivity contribution is 9.10. The van der Waals surface area contributed by atoms with Crippen molar-refractivity contribution in [3.8, 4) is 11.3 Å². The van der Waals surface area contributed by atoms with E-state index in [4.69, 9.17) is 0 Å². The molecule has 0 amide bonds. The molecule has 0 spiro atoms. The Bertz CT molecular complexity index is 805. The molecule has 0 saturated heterocycles. The highest BCUT2D eigenvalue weighted by Gasteiger charge is 2.09. The van der Waals surface area contributed by atoms with Crippen molar-refractivity contribution in [2.45, 2.75) is 19.9 Å². The number of aromatic nitrogens is 3. The summed E-state index contributed by atoms with van der Waals surface area (Å²) < 4.78 is 0.929. The van der Waals surface area contributed by atoms with E-state index >= 15 is 0 Å². The Morgan fingerprint density at radius 3 is 2.57 bits per heavy atom. The second kappa shape index (κ2) is 6.87. The molecule has 0 aliphatic carbocycles. The second-order valence-electron chi connectivity index (χ2n) is 5.35. The standard InChI is InChI=1S/C18H17BrN4/c1-12(14-6-4-3-5-7-14)21-18-9-17(22-13(2)23-18)15-8-16(19)11-20-10-15/h3-12H,1-2H3,(H,21,22,23). The average molecular weight is 369 g/mol. The lowest BCUT2D eigenvalue weighted by molar-refractivity contribution is 0.867. The van der Waals surface area contributed by atoms with Crippen LogP contribution in [0.15, 0.2) is 59.3 Å². The van der Waals surface area contributed by atoms with Crippen molar-refractivity contribution in [3.05, 3.63) is 70.7 Å². The quantitative estimate of drug-likeness (QED) is 0.719. The predicted molar refractivity (Wildman–Crippen MR) is 96.2 cm³/mol. The first kappa shape index (κ1) is 15.6. The van der Waals surface area contributed by atoms with E-state index in [0.29, 0.717) is 0 Å². The third-order valence-electron chi connectivity index (χ3n) is 3.50. The van der Waals surface area contributed by atoms with Gasteiger partial charge >= 0.3 is 0 Å². The van der Waals surface area contributed by atoms with Crippen molar-refractivity contribution in [3.63, 3.8) is 0 Å². The maximum atomic E-state index is 4.51. The van der Waals surface area contributed by atoms with E-state index in [-0.39, 0.29) is 6.04 Å². The molecule has 1 atom stereocenters. The van der Waals surface area contributed by atoms with E-state index in [2.05, 4.69) is 55.3 Å². The highest BCUT2D eigenvalue weighted by Crippen LogP contribution is 2.24. The molecule has 1 unspecified atom stereocenters. The van der Waals surface area contributed by atoms with Crippen LogP contribution < -0.4 is 5.32 Å². The Balaban J connectivity index is 1.89. The van der Waals surface area contributed by atoms with Crippen LogP contribution in [0.1, 0.15) is 24.4 Å². The Kier molecular flexibility index (Phi) is 4.67. The molecule has 23 heavy (non-hydrogen) atoms. The van der Waals surface area contributed by atoms with Crippen LogP contribution in [0.3, 0.4) is 0 Å². The molecular weight excluding hydrogens is 352 g/mol. The molecule has 0 aliphatic rings. The smallest absolute Gasteiger partial charge is 0.130 e. The summed E-state index contributed by atoms with van der Waals surface area (Å²) in [5.41, 5.74) is 3.03. The van der Waals surface area contributed by atoms with Crippen LogP contribution in [0, 0.1) is 6.92 Å². The van der Waals surface area contributed by atoms with E-state index in [1.54, 1.807) is 12.4 Å². The number of hydrogen-bond donors (Lipinski definition) is 1. The Morgan fingerprint density at radius 1 is 1.04 bits per heavy atom. The monoisotopic (exact) mass is 368 g/mol. The molecular formula is C18H17BrN4. The van der Waals surface area contributed by atoms with Crippen molar-refractivity contribution in [1.29, 1.82) is 0 Å². The van der Waals surface area contributed by atoms with Gasteiger partial charge in [0.05, 0.1) is 5.69 Å². The summed E-state index contributed by atoms with van der Waals surface area (Å²) in [7, 11) is 0. The summed E-state index contributed by atoms with van der Waals surface area (Å²) in [4.78, 5) is 13.2. The first-order chi connectivity index (χ1) is 11.1. The van der Waals surface area contributed by atoms with Crippen molar-refractivity contribution in [1.82, 2.24) is 15.0 Å². The molecule has 2 heterocycles. The van der Waals surface area contributed by atoms with Crippen LogP contribution >= 0.6 is 15.9 Å². The number of pyridine rings is 1. The number of rotatable bonds is 4. The third kappa shape index (κ3) is 3.93. The van der Waals surface area contributed by atoms with Gasteiger partial charge in [-0.15, -0.1) is 0 Å². The van der Waals surface area contributed by atoms with Crippen molar-refractivity contribution in [2.24, 2.45) is 0 Å². The zero-order valence-corrected chi connectivity index (χ0v) is 14.6. The fraction of sp³-hybridized carbons (Fsp3) is 0.167. The maximum Gasteiger partial charge on any atom is 0.130 e. The number of nitrogens with zero attached hydrogens (tertiary/aromatic N) is 3. The van der Waals surface area contributed by atoms with Crippen LogP contribution in [0.5, 0.6) is 0 Å². The number of halogens is 1. The van der Waals surface area contributed by atoms with Crippen LogP contribution in [0.4, 0.5) is 5.82 Å². The van der Waals surface area contributed by atoms with Crippen LogP contribution in [0.25, 0.3) is 11.3 Å². The van der Waals surface area contributed by atoms with Gasteiger partial charge in [-0.05, 0) is 41.4 Å². The Morgan fingerprint density at radius 2 is 1.83 bits per heavy atom. The molecule has 2 aromatic heterocycles. The largest absolute Gasteiger partial charge is 0.363 e. The molecule has 116 valence electrons. The molecule has 3 rings (SSSR count). The SMILES string of the molecule is Cc1nc(NC(C)c2ccccc2)cc(-c2cncc(Br)c2)n1. The molecule has 4 nitrogen and oxygen atoms in total. The number of anilines is 1. The summed E-state index contributed by atoms with van der Waals surface area (Å²) in [6.45, 7) is 4.01. The molecule has 0 bridgehead atoms. The molecule has 0 fully saturated rings.